The van der Waals surface area contributed by atoms with Gasteiger partial charge in [-0.3, -0.25) is 0 Å². The third-order valence-electron chi connectivity index (χ3n) is 11.4. The van der Waals surface area contributed by atoms with E-state index in [1.807, 2.05) is 0 Å². The summed E-state index contributed by atoms with van der Waals surface area (Å²) in [5.41, 5.74) is 7.47. The van der Waals surface area contributed by atoms with Gasteiger partial charge in [-0.25, -0.2) is 0 Å². The van der Waals surface area contributed by atoms with Crippen molar-refractivity contribution < 1.29 is 0 Å². The highest BCUT2D eigenvalue weighted by Gasteiger charge is 2.41. The Bertz CT molecular complexity index is 2780. The molecule has 0 aromatic heterocycles. The highest BCUT2D eigenvalue weighted by molar-refractivity contribution is 7.19. The highest BCUT2D eigenvalue weighted by atomic mass is 28.3. The third kappa shape index (κ3) is 5.60. The number of hydrogen-bond acceptors (Lipinski definition) is 0. The van der Waals surface area contributed by atoms with E-state index in [1.54, 1.807) is 0 Å². The second-order valence-corrected chi connectivity index (χ2v) is 18.2. The molecular formula is C54H38Si. The van der Waals surface area contributed by atoms with Crippen LogP contribution in [0.4, 0.5) is 0 Å². The Kier molecular flexibility index (Phi) is 8.28. The van der Waals surface area contributed by atoms with Crippen molar-refractivity contribution in [2.45, 2.75) is 0 Å². The fourth-order valence-corrected chi connectivity index (χ4v) is 13.6. The van der Waals surface area contributed by atoms with Gasteiger partial charge < -0.3 is 0 Å². The summed E-state index contributed by atoms with van der Waals surface area (Å²) in [5, 5.41) is 13.1. The molecule has 0 amide bonds. The Morgan fingerprint density at radius 1 is 0.218 bits per heavy atom. The van der Waals surface area contributed by atoms with Crippen LogP contribution in [-0.4, -0.2) is 8.07 Å². The van der Waals surface area contributed by atoms with Crippen molar-refractivity contribution in [2.75, 3.05) is 0 Å². The molecule has 0 heterocycles. The van der Waals surface area contributed by atoms with Crippen LogP contribution in [0.25, 0.3) is 65.7 Å². The maximum absolute atomic E-state index is 2.57. The van der Waals surface area contributed by atoms with Crippen molar-refractivity contribution in [3.8, 4) is 33.4 Å². The van der Waals surface area contributed by atoms with Crippen molar-refractivity contribution in [2.24, 2.45) is 0 Å². The Balaban J connectivity index is 1.08. The summed E-state index contributed by atoms with van der Waals surface area (Å²) in [6, 6.07) is 85.3. The topological polar surface area (TPSA) is 0 Å². The molecule has 55 heavy (non-hydrogen) atoms. The van der Waals surface area contributed by atoms with Gasteiger partial charge in [0.1, 0.15) is 0 Å². The van der Waals surface area contributed by atoms with Gasteiger partial charge in [-0.15, -0.1) is 0 Å². The molecule has 0 saturated heterocycles. The van der Waals surface area contributed by atoms with Gasteiger partial charge in [0.25, 0.3) is 0 Å². The van der Waals surface area contributed by atoms with Gasteiger partial charge in [-0.05, 0) is 92.5 Å². The first-order valence-corrected chi connectivity index (χ1v) is 21.1. The number of rotatable bonds is 7. The minimum absolute atomic E-state index is 1.21. The highest BCUT2D eigenvalue weighted by Crippen LogP contribution is 2.44. The minimum Gasteiger partial charge on any atom is -0.0623 e. The van der Waals surface area contributed by atoms with Gasteiger partial charge in [-0.2, -0.15) is 0 Å². The van der Waals surface area contributed by atoms with Gasteiger partial charge in [0.05, 0.1) is 0 Å². The molecule has 258 valence electrons. The lowest BCUT2D eigenvalue weighted by Crippen LogP contribution is -2.74. The van der Waals surface area contributed by atoms with Gasteiger partial charge in [-0.1, -0.05) is 224 Å². The van der Waals surface area contributed by atoms with Gasteiger partial charge in [0, 0.05) is 0 Å². The smallest absolute Gasteiger partial charge is 0.0623 e. The molecular weight excluding hydrogens is 677 g/mol. The van der Waals surface area contributed by atoms with Gasteiger partial charge >= 0.3 is 0 Å². The van der Waals surface area contributed by atoms with E-state index in [0.717, 1.165) is 0 Å². The molecule has 0 bridgehead atoms. The zero-order chi connectivity index (χ0) is 36.6. The first-order chi connectivity index (χ1) is 27.3. The van der Waals surface area contributed by atoms with E-state index in [2.05, 4.69) is 231 Å². The normalized spacial score (nSPS) is 11.6. The van der Waals surface area contributed by atoms with Crippen LogP contribution in [0, 0.1) is 0 Å². The zero-order valence-electron chi connectivity index (χ0n) is 30.4. The molecule has 0 N–H and O–H groups in total. The van der Waals surface area contributed by atoms with Crippen molar-refractivity contribution in [3.63, 3.8) is 0 Å². The van der Waals surface area contributed by atoms with Crippen molar-refractivity contribution >= 4 is 61.1 Å². The van der Waals surface area contributed by atoms with E-state index < -0.39 is 8.07 Å². The Morgan fingerprint density at radius 3 is 1.02 bits per heavy atom. The predicted molar refractivity (Wildman–Crippen MR) is 239 cm³/mol. The molecule has 1 heteroatoms. The summed E-state index contributed by atoms with van der Waals surface area (Å²) >= 11 is 0. The fraction of sp³-hybridized carbons (Fsp3) is 0. The molecule has 10 aromatic rings. The van der Waals surface area contributed by atoms with E-state index in [-0.39, 0.29) is 0 Å². The monoisotopic (exact) mass is 714 g/mol. The Morgan fingerprint density at radius 2 is 0.545 bits per heavy atom. The lowest BCUT2D eigenvalue weighted by molar-refractivity contribution is 1.61. The van der Waals surface area contributed by atoms with Crippen LogP contribution in [0.2, 0.25) is 0 Å². The molecule has 0 nitrogen and oxygen atoms in total. The SMILES string of the molecule is c1ccc([Si](c2ccccc2)(c2ccccc2)c2ccc(-c3ccc(-c4c5ccccc5c(-c5ccc6ccccc6c5)c5ccccc45)cc3)cc2)cc1. The summed E-state index contributed by atoms with van der Waals surface area (Å²) in [7, 11) is -2.57. The fourth-order valence-electron chi connectivity index (χ4n) is 8.90. The standard InChI is InChI=1S/C54H38Si/c1-4-18-45(19-5-1)55(46-20-6-2-7-21-46,47-22-8-3-9-23-47)48-36-34-41(35-37-48)40-28-31-42(32-29-40)53-49-24-12-14-26-51(49)54(52-27-15-13-25-50(52)53)44-33-30-39-16-10-11-17-43(39)38-44/h1-38H. The van der Waals surface area contributed by atoms with E-state index in [9.17, 15) is 0 Å². The van der Waals surface area contributed by atoms with E-state index in [4.69, 9.17) is 0 Å². The zero-order valence-corrected chi connectivity index (χ0v) is 31.4. The molecule has 0 saturated carbocycles. The van der Waals surface area contributed by atoms with Crippen LogP contribution >= 0.6 is 0 Å². The molecule has 10 aromatic carbocycles. The first kappa shape index (κ1) is 32.8. The summed E-state index contributed by atoms with van der Waals surface area (Å²) < 4.78 is 0. The van der Waals surface area contributed by atoms with Crippen LogP contribution in [0.5, 0.6) is 0 Å². The van der Waals surface area contributed by atoms with Crippen LogP contribution in [0.1, 0.15) is 0 Å². The van der Waals surface area contributed by atoms with Crippen molar-refractivity contribution in [1.29, 1.82) is 0 Å². The molecule has 0 fully saturated rings. The van der Waals surface area contributed by atoms with E-state index >= 15 is 0 Å². The Hall–Kier alpha value is -6.80. The van der Waals surface area contributed by atoms with Gasteiger partial charge in [0.2, 0.25) is 0 Å². The molecule has 0 spiro atoms. The number of hydrogen-bond donors (Lipinski definition) is 0. The first-order valence-electron chi connectivity index (χ1n) is 19.1. The summed E-state index contributed by atoms with van der Waals surface area (Å²) in [5.74, 6) is 0. The second-order valence-electron chi connectivity index (χ2n) is 14.4. The summed E-state index contributed by atoms with van der Waals surface area (Å²) in [6.07, 6.45) is 0. The molecule has 0 aliphatic rings. The number of benzene rings is 10. The van der Waals surface area contributed by atoms with Crippen LogP contribution in [0.15, 0.2) is 231 Å². The maximum Gasteiger partial charge on any atom is 0.179 e. The van der Waals surface area contributed by atoms with Crippen LogP contribution in [0.3, 0.4) is 0 Å². The average Bonchev–Trinajstić information content (AvgIpc) is 3.27. The lowest BCUT2D eigenvalue weighted by atomic mass is 9.85. The van der Waals surface area contributed by atoms with E-state index in [0.29, 0.717) is 0 Å². The summed E-state index contributed by atoms with van der Waals surface area (Å²) in [4.78, 5) is 0. The van der Waals surface area contributed by atoms with Crippen LogP contribution < -0.4 is 20.7 Å². The van der Waals surface area contributed by atoms with Gasteiger partial charge in [0.15, 0.2) is 8.07 Å². The maximum atomic E-state index is 2.38. The molecule has 10 rings (SSSR count). The van der Waals surface area contributed by atoms with Crippen molar-refractivity contribution in [3.05, 3.63) is 231 Å². The van der Waals surface area contributed by atoms with Crippen molar-refractivity contribution in [1.82, 2.24) is 0 Å². The molecule has 0 atom stereocenters. The molecule has 0 aliphatic carbocycles. The van der Waals surface area contributed by atoms with E-state index in [1.165, 1.54) is 86.4 Å². The van der Waals surface area contributed by atoms with Crippen LogP contribution in [-0.2, 0) is 0 Å². The Labute approximate surface area is 323 Å². The third-order valence-corrected chi connectivity index (χ3v) is 16.2. The lowest BCUT2D eigenvalue weighted by Gasteiger charge is -2.34. The quantitative estimate of drug-likeness (QED) is 0.0876. The largest absolute Gasteiger partial charge is 0.179 e. The predicted octanol–water partition coefficient (Wildman–Crippen LogP) is 11.5. The second kappa shape index (κ2) is 13.9. The molecule has 0 aliphatic heterocycles. The number of fused-ring (bicyclic) bond motifs is 3. The molecule has 0 radical (unpaired) electrons. The summed E-state index contributed by atoms with van der Waals surface area (Å²) in [6.45, 7) is 0. The minimum atomic E-state index is -2.57. The average molecular weight is 715 g/mol. The molecule has 0 unspecified atom stereocenters.